The molecule has 0 saturated heterocycles. The molecule has 3 fully saturated rings. The molecule has 4 aliphatic rings. The van der Waals surface area contributed by atoms with Crippen LogP contribution in [0.5, 0.6) is 5.88 Å². The molecule has 6 rings (SSSR count). The number of ether oxygens (including phenoxy) is 1. The molecule has 1 aromatic carbocycles. The SMILES string of the molecule is Cc1cc(F)c(C2CC=NN2C(=O)C23CC(COc4cnc(C#N)cn4)(C2)C3)cc1F. The van der Waals surface area contributed by atoms with Gasteiger partial charge in [0.2, 0.25) is 11.8 Å². The van der Waals surface area contributed by atoms with E-state index in [4.69, 9.17) is 10.00 Å². The Morgan fingerprint density at radius 2 is 2.03 bits per heavy atom. The van der Waals surface area contributed by atoms with Crippen LogP contribution >= 0.6 is 0 Å². The predicted octanol–water partition coefficient (Wildman–Crippen LogP) is 3.44. The monoisotopic (exact) mass is 423 g/mol. The lowest BCUT2D eigenvalue weighted by molar-refractivity contribution is -0.227. The maximum absolute atomic E-state index is 14.5. The summed E-state index contributed by atoms with van der Waals surface area (Å²) in [5, 5.41) is 14.3. The molecule has 0 radical (unpaired) electrons. The van der Waals surface area contributed by atoms with Gasteiger partial charge in [-0.25, -0.2) is 23.8 Å². The molecule has 7 nitrogen and oxygen atoms in total. The Hall–Kier alpha value is -3.41. The summed E-state index contributed by atoms with van der Waals surface area (Å²) < 4.78 is 34.2. The molecular weight excluding hydrogens is 404 g/mol. The van der Waals surface area contributed by atoms with Gasteiger partial charge >= 0.3 is 0 Å². The van der Waals surface area contributed by atoms with Crippen LogP contribution in [0.25, 0.3) is 0 Å². The van der Waals surface area contributed by atoms with Crippen LogP contribution < -0.4 is 4.74 Å². The summed E-state index contributed by atoms with van der Waals surface area (Å²) in [6, 6.07) is 3.60. The lowest BCUT2D eigenvalue weighted by Crippen LogP contribution is -2.69. The van der Waals surface area contributed by atoms with E-state index in [1.165, 1.54) is 30.4 Å². The number of nitriles is 1. The van der Waals surface area contributed by atoms with Crippen LogP contribution in [-0.4, -0.2) is 33.7 Å². The minimum Gasteiger partial charge on any atom is -0.476 e. The Labute approximate surface area is 177 Å². The van der Waals surface area contributed by atoms with E-state index in [1.807, 2.05) is 6.07 Å². The number of hydrazone groups is 1. The van der Waals surface area contributed by atoms with Gasteiger partial charge < -0.3 is 4.74 Å². The van der Waals surface area contributed by atoms with E-state index >= 15 is 0 Å². The van der Waals surface area contributed by atoms with E-state index in [-0.39, 0.29) is 28.1 Å². The number of aromatic nitrogens is 2. The molecule has 3 saturated carbocycles. The van der Waals surface area contributed by atoms with Crippen molar-refractivity contribution in [3.63, 3.8) is 0 Å². The lowest BCUT2D eigenvalue weighted by Gasteiger charge is -2.69. The third-order valence-electron chi connectivity index (χ3n) is 6.54. The number of hydrogen-bond donors (Lipinski definition) is 0. The van der Waals surface area contributed by atoms with E-state index < -0.39 is 23.1 Å². The van der Waals surface area contributed by atoms with E-state index in [1.54, 1.807) is 6.21 Å². The molecular formula is C22H19F2N5O2. The van der Waals surface area contributed by atoms with Crippen molar-refractivity contribution < 1.29 is 18.3 Å². The van der Waals surface area contributed by atoms with Crippen LogP contribution in [-0.2, 0) is 4.79 Å². The van der Waals surface area contributed by atoms with Crippen LogP contribution in [0, 0.1) is 40.7 Å². The number of hydrogen-bond acceptors (Lipinski definition) is 6. The molecule has 1 unspecified atom stereocenters. The maximum atomic E-state index is 14.5. The predicted molar refractivity (Wildman–Crippen MR) is 105 cm³/mol. The highest BCUT2D eigenvalue weighted by Crippen LogP contribution is 2.74. The summed E-state index contributed by atoms with van der Waals surface area (Å²) in [6.45, 7) is 1.91. The van der Waals surface area contributed by atoms with E-state index in [0.29, 0.717) is 38.2 Å². The van der Waals surface area contributed by atoms with Crippen LogP contribution in [0.1, 0.15) is 48.5 Å². The van der Waals surface area contributed by atoms with Gasteiger partial charge in [0.1, 0.15) is 17.7 Å². The van der Waals surface area contributed by atoms with E-state index in [0.717, 1.165) is 6.07 Å². The van der Waals surface area contributed by atoms with Crippen molar-refractivity contribution in [3.05, 3.63) is 53.0 Å². The van der Waals surface area contributed by atoms with Crippen molar-refractivity contribution in [2.45, 2.75) is 38.6 Å². The molecule has 2 heterocycles. The Kier molecular flexibility index (Phi) is 4.29. The molecule has 1 aromatic heterocycles. The van der Waals surface area contributed by atoms with Gasteiger partial charge in [-0.1, -0.05) is 0 Å². The Morgan fingerprint density at radius 1 is 1.26 bits per heavy atom. The standard InChI is InChI=1S/C22H19F2N5O2/c1-13-4-17(24)15(5-16(13)23)18-2-3-28-29(18)20(30)22-9-21(10-22,11-22)12-31-19-8-26-14(6-25)7-27-19/h3-5,7-8,18H,2,9-12H2,1H3. The zero-order valence-corrected chi connectivity index (χ0v) is 16.8. The highest BCUT2D eigenvalue weighted by Gasteiger charge is 2.73. The molecule has 9 heteroatoms. The Balaban J connectivity index is 1.23. The number of aryl methyl sites for hydroxylation is 1. The van der Waals surface area contributed by atoms with Gasteiger partial charge in [0.15, 0.2) is 5.69 Å². The van der Waals surface area contributed by atoms with Crippen molar-refractivity contribution in [2.24, 2.45) is 15.9 Å². The van der Waals surface area contributed by atoms with Gasteiger partial charge in [0.25, 0.3) is 0 Å². The number of halogens is 2. The quantitative estimate of drug-likeness (QED) is 0.735. The first-order chi connectivity index (χ1) is 14.8. The van der Waals surface area contributed by atoms with Crippen molar-refractivity contribution in [1.82, 2.24) is 15.0 Å². The number of benzene rings is 1. The first-order valence-electron chi connectivity index (χ1n) is 10.0. The minimum absolute atomic E-state index is 0.0919. The molecule has 158 valence electrons. The summed E-state index contributed by atoms with van der Waals surface area (Å²) in [5.74, 6) is -0.835. The highest BCUT2D eigenvalue weighted by molar-refractivity contribution is 5.88. The van der Waals surface area contributed by atoms with E-state index in [9.17, 15) is 13.6 Å². The van der Waals surface area contributed by atoms with Crippen molar-refractivity contribution in [3.8, 4) is 11.9 Å². The van der Waals surface area contributed by atoms with Crippen LogP contribution in [0.3, 0.4) is 0 Å². The molecule has 2 bridgehead atoms. The molecule has 1 atom stereocenters. The van der Waals surface area contributed by atoms with Gasteiger partial charge in [0.05, 0.1) is 30.5 Å². The van der Waals surface area contributed by atoms with Gasteiger partial charge in [0, 0.05) is 23.6 Å². The fraction of sp³-hybridized carbons (Fsp3) is 0.409. The molecule has 2 aromatic rings. The van der Waals surface area contributed by atoms with Crippen molar-refractivity contribution in [2.75, 3.05) is 6.61 Å². The highest BCUT2D eigenvalue weighted by atomic mass is 19.1. The Morgan fingerprint density at radius 3 is 2.71 bits per heavy atom. The Bertz CT molecular complexity index is 1120. The minimum atomic E-state index is -0.627. The van der Waals surface area contributed by atoms with E-state index in [2.05, 4.69) is 15.1 Å². The van der Waals surface area contributed by atoms with Gasteiger partial charge in [-0.05, 0) is 43.9 Å². The molecule has 1 aliphatic heterocycles. The van der Waals surface area contributed by atoms with Gasteiger partial charge in [-0.3, -0.25) is 4.79 Å². The fourth-order valence-corrected chi connectivity index (χ4v) is 5.08. The first-order valence-corrected chi connectivity index (χ1v) is 10.0. The van der Waals surface area contributed by atoms with Gasteiger partial charge in [-0.15, -0.1) is 0 Å². The average molecular weight is 423 g/mol. The molecule has 1 amide bonds. The zero-order chi connectivity index (χ0) is 21.8. The van der Waals surface area contributed by atoms with Gasteiger partial charge in [-0.2, -0.15) is 10.4 Å². The summed E-state index contributed by atoms with van der Waals surface area (Å²) in [5.41, 5.74) is -0.0116. The fourth-order valence-electron chi connectivity index (χ4n) is 5.08. The maximum Gasteiger partial charge on any atom is 0.249 e. The first kappa shape index (κ1) is 19.5. The second-order valence-electron chi connectivity index (χ2n) is 8.77. The summed E-state index contributed by atoms with van der Waals surface area (Å²) in [7, 11) is 0. The molecule has 0 N–H and O–H groups in total. The summed E-state index contributed by atoms with van der Waals surface area (Å²) in [4.78, 5) is 21.2. The van der Waals surface area contributed by atoms with Crippen LogP contribution in [0.4, 0.5) is 8.78 Å². The van der Waals surface area contributed by atoms with Crippen molar-refractivity contribution in [1.29, 1.82) is 5.26 Å². The molecule has 0 spiro atoms. The average Bonchev–Trinajstić information content (AvgIpc) is 3.18. The molecule has 31 heavy (non-hydrogen) atoms. The molecule has 3 aliphatic carbocycles. The third kappa shape index (κ3) is 3.05. The topological polar surface area (TPSA) is 91.5 Å². The summed E-state index contributed by atoms with van der Waals surface area (Å²) >= 11 is 0. The normalized spacial score (nSPS) is 27.9. The summed E-state index contributed by atoms with van der Waals surface area (Å²) in [6.07, 6.45) is 6.66. The smallest absolute Gasteiger partial charge is 0.249 e. The number of rotatable bonds is 5. The van der Waals surface area contributed by atoms with Crippen LogP contribution in [0.15, 0.2) is 29.6 Å². The van der Waals surface area contributed by atoms with Crippen molar-refractivity contribution >= 4 is 12.1 Å². The second-order valence-corrected chi connectivity index (χ2v) is 8.77. The number of carbonyl (C=O) groups is 1. The largest absolute Gasteiger partial charge is 0.476 e. The zero-order valence-electron chi connectivity index (χ0n) is 16.8. The lowest BCUT2D eigenvalue weighted by atomic mass is 9.35. The number of nitrogens with zero attached hydrogens (tertiary/aromatic N) is 5. The number of amides is 1. The second kappa shape index (κ2) is 6.80. The van der Waals surface area contributed by atoms with Crippen LogP contribution in [0.2, 0.25) is 0 Å². The third-order valence-corrected chi connectivity index (χ3v) is 6.54. The number of carbonyl (C=O) groups excluding carboxylic acids is 1.